The van der Waals surface area contributed by atoms with Crippen LogP contribution in [0.5, 0.6) is 11.5 Å². The first-order valence-corrected chi connectivity index (χ1v) is 7.83. The highest BCUT2D eigenvalue weighted by Gasteiger charge is 2.36. The van der Waals surface area contributed by atoms with Gasteiger partial charge in [0, 0.05) is 18.7 Å². The van der Waals surface area contributed by atoms with Crippen molar-refractivity contribution in [1.29, 1.82) is 0 Å². The quantitative estimate of drug-likeness (QED) is 0.872. The van der Waals surface area contributed by atoms with Crippen LogP contribution < -0.4 is 9.47 Å². The molecule has 20 heavy (non-hydrogen) atoms. The van der Waals surface area contributed by atoms with E-state index in [1.165, 1.54) is 24.6 Å². The summed E-state index contributed by atoms with van der Waals surface area (Å²) in [6.07, 6.45) is 1.42. The molecule has 1 saturated heterocycles. The topological polar surface area (TPSA) is 76.1 Å². The van der Waals surface area contributed by atoms with Crippen LogP contribution in [0.4, 0.5) is 0 Å². The highest BCUT2D eigenvalue weighted by molar-refractivity contribution is 7.89. The van der Waals surface area contributed by atoms with Crippen LogP contribution >= 0.6 is 0 Å². The number of aliphatic hydroxyl groups is 1. The van der Waals surface area contributed by atoms with Crippen molar-refractivity contribution < 1.29 is 23.0 Å². The molecule has 0 unspecified atom stereocenters. The van der Waals surface area contributed by atoms with Crippen LogP contribution in [-0.2, 0) is 10.0 Å². The van der Waals surface area contributed by atoms with Gasteiger partial charge in [-0.3, -0.25) is 0 Å². The van der Waals surface area contributed by atoms with Gasteiger partial charge in [-0.05, 0) is 25.0 Å². The average molecular weight is 301 g/mol. The van der Waals surface area contributed by atoms with Gasteiger partial charge in [0.15, 0.2) is 0 Å². The van der Waals surface area contributed by atoms with Gasteiger partial charge in [-0.1, -0.05) is 0 Å². The second-order valence-corrected chi connectivity index (χ2v) is 6.47. The van der Waals surface area contributed by atoms with Crippen molar-refractivity contribution in [3.63, 3.8) is 0 Å². The molecule has 2 rings (SSSR count). The molecular weight excluding hydrogens is 282 g/mol. The van der Waals surface area contributed by atoms with Crippen LogP contribution in [0.25, 0.3) is 0 Å². The third-order valence-electron chi connectivity index (χ3n) is 3.49. The third kappa shape index (κ3) is 2.61. The van der Waals surface area contributed by atoms with Gasteiger partial charge in [0.25, 0.3) is 0 Å². The Balaban J connectivity index is 2.47. The smallest absolute Gasteiger partial charge is 0.247 e. The Morgan fingerprint density at radius 2 is 2.10 bits per heavy atom. The molecule has 1 fully saturated rings. The Bertz CT molecular complexity index is 572. The van der Waals surface area contributed by atoms with Crippen LogP contribution in [-0.4, -0.2) is 51.2 Å². The van der Waals surface area contributed by atoms with Crippen molar-refractivity contribution in [2.24, 2.45) is 0 Å². The molecule has 7 heteroatoms. The van der Waals surface area contributed by atoms with Crippen molar-refractivity contribution in [3.8, 4) is 11.5 Å². The summed E-state index contributed by atoms with van der Waals surface area (Å²) in [5.41, 5.74) is 0. The molecule has 1 aliphatic heterocycles. The van der Waals surface area contributed by atoms with E-state index in [-0.39, 0.29) is 23.3 Å². The maximum absolute atomic E-state index is 12.7. The number of benzene rings is 1. The number of hydrogen-bond acceptors (Lipinski definition) is 5. The number of hydrogen-bond donors (Lipinski definition) is 1. The van der Waals surface area contributed by atoms with E-state index in [1.807, 2.05) is 0 Å². The lowest BCUT2D eigenvalue weighted by atomic mass is 10.2. The predicted octanol–water partition coefficient (Wildman–Crippen LogP) is 0.849. The van der Waals surface area contributed by atoms with Gasteiger partial charge >= 0.3 is 0 Å². The van der Waals surface area contributed by atoms with Gasteiger partial charge in [-0.15, -0.1) is 0 Å². The molecule has 0 saturated carbocycles. The molecular formula is C13H19NO5S. The normalized spacial score (nSPS) is 20.1. The first kappa shape index (κ1) is 15.1. The van der Waals surface area contributed by atoms with Crippen molar-refractivity contribution in [2.75, 3.05) is 27.4 Å². The van der Waals surface area contributed by atoms with Crippen molar-refractivity contribution in [2.45, 2.75) is 23.8 Å². The molecule has 0 radical (unpaired) electrons. The lowest BCUT2D eigenvalue weighted by Gasteiger charge is -2.23. The van der Waals surface area contributed by atoms with E-state index < -0.39 is 10.0 Å². The highest BCUT2D eigenvalue weighted by Crippen LogP contribution is 2.33. The molecule has 0 aliphatic carbocycles. The molecule has 1 aromatic carbocycles. The number of aliphatic hydroxyl groups excluding tert-OH is 1. The van der Waals surface area contributed by atoms with Crippen molar-refractivity contribution in [1.82, 2.24) is 4.31 Å². The maximum Gasteiger partial charge on any atom is 0.247 e. The van der Waals surface area contributed by atoms with Gasteiger partial charge < -0.3 is 14.6 Å². The molecule has 1 heterocycles. The highest BCUT2D eigenvalue weighted by atomic mass is 32.2. The minimum absolute atomic E-state index is 0.0692. The van der Waals surface area contributed by atoms with Crippen LogP contribution in [0.3, 0.4) is 0 Å². The zero-order chi connectivity index (χ0) is 14.8. The zero-order valence-electron chi connectivity index (χ0n) is 11.6. The maximum atomic E-state index is 12.7. The minimum Gasteiger partial charge on any atom is -0.497 e. The van der Waals surface area contributed by atoms with Gasteiger partial charge in [0.1, 0.15) is 16.4 Å². The van der Waals surface area contributed by atoms with Gasteiger partial charge in [0.05, 0.1) is 20.8 Å². The molecule has 112 valence electrons. The van der Waals surface area contributed by atoms with Crippen LogP contribution in [0.2, 0.25) is 0 Å². The summed E-state index contributed by atoms with van der Waals surface area (Å²) in [6.45, 7) is 0.236. The third-order valence-corrected chi connectivity index (χ3v) is 5.46. The summed E-state index contributed by atoms with van der Waals surface area (Å²) in [7, 11) is -0.805. The summed E-state index contributed by atoms with van der Waals surface area (Å²) in [5.74, 6) is 0.721. The van der Waals surface area contributed by atoms with Gasteiger partial charge in [-0.25, -0.2) is 8.42 Å². The van der Waals surface area contributed by atoms with Crippen molar-refractivity contribution in [3.05, 3.63) is 18.2 Å². The number of sulfonamides is 1. The Morgan fingerprint density at radius 3 is 2.70 bits per heavy atom. The van der Waals surface area contributed by atoms with E-state index in [0.29, 0.717) is 18.7 Å². The second-order valence-electron chi connectivity index (χ2n) is 4.61. The van der Waals surface area contributed by atoms with Gasteiger partial charge in [-0.2, -0.15) is 4.31 Å². The molecule has 0 spiro atoms. The summed E-state index contributed by atoms with van der Waals surface area (Å²) >= 11 is 0. The SMILES string of the molecule is COc1ccc(OC)c(S(=O)(=O)N2CCC[C@H]2CO)c1. The molecule has 0 amide bonds. The minimum atomic E-state index is -3.71. The Morgan fingerprint density at radius 1 is 1.35 bits per heavy atom. The van der Waals surface area contributed by atoms with Crippen LogP contribution in [0, 0.1) is 0 Å². The molecule has 0 aromatic heterocycles. The number of methoxy groups -OCH3 is 2. The summed E-state index contributed by atoms with van der Waals surface area (Å²) < 4.78 is 37.0. The van der Waals surface area contributed by atoms with Gasteiger partial charge in [0.2, 0.25) is 10.0 Å². The largest absolute Gasteiger partial charge is 0.497 e. The zero-order valence-corrected chi connectivity index (χ0v) is 12.4. The summed E-state index contributed by atoms with van der Waals surface area (Å²) in [4.78, 5) is 0.0692. The van der Waals surface area contributed by atoms with Crippen molar-refractivity contribution >= 4 is 10.0 Å². The van der Waals surface area contributed by atoms with E-state index in [2.05, 4.69) is 0 Å². The first-order valence-electron chi connectivity index (χ1n) is 6.39. The van der Waals surface area contributed by atoms with E-state index in [0.717, 1.165) is 6.42 Å². The molecule has 6 nitrogen and oxygen atoms in total. The fraction of sp³-hybridized carbons (Fsp3) is 0.538. The lowest BCUT2D eigenvalue weighted by Crippen LogP contribution is -2.37. The molecule has 1 atom stereocenters. The average Bonchev–Trinajstić information content (AvgIpc) is 2.95. The number of ether oxygens (including phenoxy) is 2. The van der Waals surface area contributed by atoms with E-state index in [4.69, 9.17) is 9.47 Å². The Labute approximate surface area is 119 Å². The first-order chi connectivity index (χ1) is 9.54. The van der Waals surface area contributed by atoms with E-state index >= 15 is 0 Å². The molecule has 1 aromatic rings. The molecule has 1 N–H and O–H groups in total. The molecule has 1 aliphatic rings. The van der Waals surface area contributed by atoms with Crippen LogP contribution in [0.15, 0.2) is 23.1 Å². The van der Waals surface area contributed by atoms with Crippen LogP contribution in [0.1, 0.15) is 12.8 Å². The second kappa shape index (κ2) is 5.99. The molecule has 0 bridgehead atoms. The fourth-order valence-electron chi connectivity index (χ4n) is 2.42. The summed E-state index contributed by atoms with van der Waals surface area (Å²) in [6, 6.07) is 4.29. The Kier molecular flexibility index (Phi) is 4.52. The monoisotopic (exact) mass is 301 g/mol. The standard InChI is InChI=1S/C13H19NO5S/c1-18-11-5-6-12(19-2)13(8-11)20(16,17)14-7-3-4-10(14)9-15/h5-6,8,10,15H,3-4,7,9H2,1-2H3/t10-/m0/s1. The fourth-order valence-corrected chi connectivity index (χ4v) is 4.28. The van der Waals surface area contributed by atoms with E-state index in [9.17, 15) is 13.5 Å². The van der Waals surface area contributed by atoms with E-state index in [1.54, 1.807) is 12.1 Å². The lowest BCUT2D eigenvalue weighted by molar-refractivity contribution is 0.213. The summed E-state index contributed by atoms with van der Waals surface area (Å²) in [5, 5.41) is 9.31. The number of rotatable bonds is 5. The Hall–Kier alpha value is -1.31. The predicted molar refractivity (Wildman–Crippen MR) is 73.5 cm³/mol. The number of nitrogens with zero attached hydrogens (tertiary/aromatic N) is 1.